The molecular weight excluding hydrogens is 324 g/mol. The molecule has 0 saturated heterocycles. The molecule has 1 aliphatic heterocycles. The van der Waals surface area contributed by atoms with Crippen LogP contribution in [0, 0.1) is 33.5 Å². The van der Waals surface area contributed by atoms with Crippen molar-refractivity contribution in [2.24, 2.45) is 16.6 Å². The Morgan fingerprint density at radius 2 is 1.68 bits per heavy atom. The number of hydrogen-bond acceptors (Lipinski definition) is 7. The minimum Gasteiger partial charge on any atom is -0.493 e. The zero-order valence-electron chi connectivity index (χ0n) is 14.4. The lowest BCUT2D eigenvalue weighted by molar-refractivity contribution is -0.687. The molecule has 0 radical (unpaired) electrons. The van der Waals surface area contributed by atoms with Crippen LogP contribution in [0.5, 0.6) is 11.5 Å². The van der Waals surface area contributed by atoms with Crippen molar-refractivity contribution < 1.29 is 23.9 Å². The highest BCUT2D eigenvalue weighted by Crippen LogP contribution is 2.78. The molecule has 3 N–H and O–H groups in total. The van der Waals surface area contributed by atoms with Crippen LogP contribution in [0.4, 0.5) is 0 Å². The molecule has 3 atom stereocenters. The molecule has 8 nitrogen and oxygen atoms in total. The number of methoxy groups -OCH3 is 4. The quantitative estimate of drug-likeness (QED) is 0.672. The van der Waals surface area contributed by atoms with Crippen LogP contribution in [-0.2, 0) is 9.47 Å². The van der Waals surface area contributed by atoms with E-state index in [-0.39, 0.29) is 5.84 Å². The molecule has 1 heterocycles. The lowest BCUT2D eigenvalue weighted by Crippen LogP contribution is -2.90. The first kappa shape index (κ1) is 17.0. The van der Waals surface area contributed by atoms with Gasteiger partial charge in [0.25, 0.3) is 5.84 Å². The van der Waals surface area contributed by atoms with Gasteiger partial charge in [0.2, 0.25) is 0 Å². The molecule has 0 spiro atoms. The van der Waals surface area contributed by atoms with Gasteiger partial charge in [-0.15, -0.1) is 0 Å². The number of nitrogens with two attached hydrogens (primary N) is 1. The van der Waals surface area contributed by atoms with Crippen molar-refractivity contribution in [3.8, 4) is 23.6 Å². The fraction of sp³-hybridized carbons (Fsp3) is 0.471. The first-order valence-corrected chi connectivity index (χ1v) is 7.54. The van der Waals surface area contributed by atoms with Crippen molar-refractivity contribution in [3.63, 3.8) is 0 Å². The summed E-state index contributed by atoms with van der Waals surface area (Å²) in [5, 5.41) is 19.9. The van der Waals surface area contributed by atoms with Gasteiger partial charge in [0.05, 0.1) is 26.4 Å². The summed E-state index contributed by atoms with van der Waals surface area (Å²) in [7, 11) is 5.86. The van der Waals surface area contributed by atoms with Crippen molar-refractivity contribution in [2.75, 3.05) is 28.4 Å². The number of rotatable bonds is 5. The molecule has 3 rings (SSSR count). The second kappa shape index (κ2) is 5.35. The van der Waals surface area contributed by atoms with E-state index in [0.29, 0.717) is 17.1 Å². The highest BCUT2D eigenvalue weighted by atomic mass is 16.7. The lowest BCUT2D eigenvalue weighted by atomic mass is 9.93. The van der Waals surface area contributed by atoms with Crippen LogP contribution < -0.4 is 20.2 Å². The molecular formula is C17H19N4O4+. The van der Waals surface area contributed by atoms with E-state index in [1.165, 1.54) is 28.4 Å². The fourth-order valence-electron chi connectivity index (χ4n) is 4.15. The number of nitrogens with zero attached hydrogens (tertiary/aromatic N) is 2. The van der Waals surface area contributed by atoms with E-state index in [2.05, 4.69) is 17.1 Å². The third-order valence-electron chi connectivity index (χ3n) is 5.32. The van der Waals surface area contributed by atoms with Crippen molar-refractivity contribution in [1.29, 1.82) is 10.5 Å². The van der Waals surface area contributed by atoms with Crippen LogP contribution in [0.25, 0.3) is 0 Å². The molecule has 0 aromatic heterocycles. The Morgan fingerprint density at radius 1 is 1.04 bits per heavy atom. The maximum absolute atomic E-state index is 10.0. The van der Waals surface area contributed by atoms with Crippen LogP contribution in [0.15, 0.2) is 18.2 Å². The Bertz CT molecular complexity index is 836. The maximum atomic E-state index is 10.0. The van der Waals surface area contributed by atoms with Gasteiger partial charge in [-0.25, -0.2) is 4.99 Å². The molecule has 2 aliphatic rings. The number of nitriles is 2. The number of hydrogen-bond donors (Lipinski definition) is 2. The number of nitrogens with one attached hydrogen (secondary N) is 1. The second-order valence-corrected chi connectivity index (χ2v) is 5.95. The third kappa shape index (κ3) is 1.63. The van der Waals surface area contributed by atoms with E-state index in [1.54, 1.807) is 18.2 Å². The van der Waals surface area contributed by atoms with Gasteiger partial charge in [-0.1, -0.05) is 6.07 Å². The van der Waals surface area contributed by atoms with Gasteiger partial charge in [-0.3, -0.25) is 5.73 Å². The van der Waals surface area contributed by atoms with Gasteiger partial charge in [-0.2, -0.15) is 10.5 Å². The molecule has 1 fully saturated rings. The molecule has 1 aliphatic carbocycles. The Balaban J connectivity index is 2.21. The zero-order chi connectivity index (χ0) is 18.5. The van der Waals surface area contributed by atoms with Gasteiger partial charge in [0.15, 0.2) is 22.3 Å². The molecule has 0 bridgehead atoms. The molecule has 1 aromatic rings. The number of fused-ring (bicyclic) bond motifs is 1. The SMILES string of the molecule is COc1ccc(C2C3(C#N)C(N)=[NH+]C(OC)(OC)C23C#N)cc1OC. The van der Waals surface area contributed by atoms with Crippen LogP contribution in [-0.4, -0.2) is 40.2 Å². The van der Waals surface area contributed by atoms with Gasteiger partial charge < -0.3 is 18.9 Å². The summed E-state index contributed by atoms with van der Waals surface area (Å²) in [5.74, 6) is -0.859. The Labute approximate surface area is 145 Å². The summed E-state index contributed by atoms with van der Waals surface area (Å²) in [4.78, 5) is 2.85. The number of amidine groups is 1. The zero-order valence-corrected chi connectivity index (χ0v) is 14.4. The Hall–Kier alpha value is -2.81. The monoisotopic (exact) mass is 343 g/mol. The molecule has 8 heteroatoms. The van der Waals surface area contributed by atoms with E-state index < -0.39 is 22.7 Å². The summed E-state index contributed by atoms with van der Waals surface area (Å²) >= 11 is 0. The molecule has 1 aromatic carbocycles. The summed E-state index contributed by atoms with van der Waals surface area (Å²) in [5.41, 5.74) is 4.23. The predicted octanol–water partition coefficient (Wildman–Crippen LogP) is -0.781. The topological polar surface area (TPSA) is 124 Å². The standard InChI is InChI=1S/C17H18N4O4/c1-22-11-6-5-10(7-12(11)23-2)13-15(8-18)14(20)21-17(24-3,25-4)16(13,15)9-19/h5-7,13H,1-4H3,(H2,20,21)/p+1. The highest BCUT2D eigenvalue weighted by Gasteiger charge is 2.97. The maximum Gasteiger partial charge on any atom is 0.342 e. The summed E-state index contributed by atoms with van der Waals surface area (Å²) < 4.78 is 21.5. The Kier molecular flexibility index (Phi) is 3.64. The van der Waals surface area contributed by atoms with Crippen molar-refractivity contribution in [2.45, 2.75) is 11.8 Å². The first-order chi connectivity index (χ1) is 12.0. The first-order valence-electron chi connectivity index (χ1n) is 7.54. The third-order valence-corrected chi connectivity index (χ3v) is 5.32. The lowest BCUT2D eigenvalue weighted by Gasteiger charge is -2.26. The normalized spacial score (nSPS) is 31.3. The van der Waals surface area contributed by atoms with Crippen LogP contribution in [0.1, 0.15) is 11.5 Å². The second-order valence-electron chi connectivity index (χ2n) is 5.95. The van der Waals surface area contributed by atoms with Crippen molar-refractivity contribution >= 4 is 5.84 Å². The van der Waals surface area contributed by atoms with Crippen LogP contribution in [0.3, 0.4) is 0 Å². The average molecular weight is 343 g/mol. The van der Waals surface area contributed by atoms with Gasteiger partial charge in [0.1, 0.15) is 0 Å². The summed E-state index contributed by atoms with van der Waals surface area (Å²) in [6.45, 7) is 0. The Morgan fingerprint density at radius 3 is 2.16 bits per heavy atom. The predicted molar refractivity (Wildman–Crippen MR) is 85.3 cm³/mol. The van der Waals surface area contributed by atoms with Crippen LogP contribution >= 0.6 is 0 Å². The average Bonchev–Trinajstić information content (AvgIpc) is 3.23. The smallest absolute Gasteiger partial charge is 0.342 e. The largest absolute Gasteiger partial charge is 0.493 e. The van der Waals surface area contributed by atoms with Crippen molar-refractivity contribution in [3.05, 3.63) is 23.8 Å². The summed E-state index contributed by atoms with van der Waals surface area (Å²) in [6, 6.07) is 9.70. The number of benzene rings is 1. The van der Waals surface area contributed by atoms with Gasteiger partial charge >= 0.3 is 5.91 Å². The molecule has 0 amide bonds. The minimum absolute atomic E-state index is 0.153. The van der Waals surface area contributed by atoms with Crippen molar-refractivity contribution in [1.82, 2.24) is 0 Å². The van der Waals surface area contributed by atoms with Crippen LogP contribution in [0.2, 0.25) is 0 Å². The minimum atomic E-state index is -1.51. The van der Waals surface area contributed by atoms with Gasteiger partial charge in [0, 0.05) is 20.1 Å². The van der Waals surface area contributed by atoms with E-state index in [1.807, 2.05) is 0 Å². The number of ether oxygens (including phenoxy) is 4. The van der Waals surface area contributed by atoms with Gasteiger partial charge in [-0.05, 0) is 17.7 Å². The van der Waals surface area contributed by atoms with E-state index in [9.17, 15) is 10.5 Å². The molecule has 1 saturated carbocycles. The van der Waals surface area contributed by atoms with E-state index >= 15 is 0 Å². The molecule has 130 valence electrons. The molecule has 3 unspecified atom stereocenters. The molecule has 25 heavy (non-hydrogen) atoms. The van der Waals surface area contributed by atoms with E-state index in [4.69, 9.17) is 24.7 Å². The highest BCUT2D eigenvalue weighted by molar-refractivity contribution is 5.95. The summed E-state index contributed by atoms with van der Waals surface area (Å²) in [6.07, 6.45) is 0. The fourth-order valence-corrected chi connectivity index (χ4v) is 4.15. The van der Waals surface area contributed by atoms with E-state index in [0.717, 1.165) is 0 Å².